The van der Waals surface area contributed by atoms with Crippen molar-refractivity contribution < 1.29 is 4.92 Å². The highest BCUT2D eigenvalue weighted by Gasteiger charge is 2.11. The predicted molar refractivity (Wildman–Crippen MR) is 93.7 cm³/mol. The number of fused-ring (bicyclic) bond motifs is 1. The van der Waals surface area contributed by atoms with Crippen molar-refractivity contribution in [1.82, 2.24) is 9.55 Å². The van der Waals surface area contributed by atoms with Crippen LogP contribution in [0.25, 0.3) is 23.2 Å². The van der Waals surface area contributed by atoms with Gasteiger partial charge in [0.25, 0.3) is 11.2 Å². The van der Waals surface area contributed by atoms with E-state index >= 15 is 0 Å². The molecule has 0 saturated heterocycles. The Bertz CT molecular complexity index is 1010. The first-order valence-corrected chi connectivity index (χ1v) is 7.53. The van der Waals surface area contributed by atoms with E-state index < -0.39 is 4.92 Å². The van der Waals surface area contributed by atoms with Gasteiger partial charge in [-0.2, -0.15) is 0 Å². The van der Waals surface area contributed by atoms with E-state index in [1.165, 1.54) is 12.1 Å². The third kappa shape index (κ3) is 2.81. The molecule has 0 atom stereocenters. The summed E-state index contributed by atoms with van der Waals surface area (Å²) in [6.07, 6.45) is 3.08. The van der Waals surface area contributed by atoms with Gasteiger partial charge in [-0.1, -0.05) is 24.3 Å². The lowest BCUT2D eigenvalue weighted by molar-refractivity contribution is -0.385. The molecule has 0 aliphatic rings. The van der Waals surface area contributed by atoms with Crippen molar-refractivity contribution in [1.29, 1.82) is 0 Å². The van der Waals surface area contributed by atoms with Gasteiger partial charge in [0.2, 0.25) is 0 Å². The molecule has 6 heteroatoms. The number of nitrogens with zero attached hydrogens (tertiary/aromatic N) is 3. The summed E-state index contributed by atoms with van der Waals surface area (Å²) in [5.41, 5.74) is 1.94. The van der Waals surface area contributed by atoms with Crippen molar-refractivity contribution in [2.24, 2.45) is 0 Å². The van der Waals surface area contributed by atoms with Gasteiger partial charge in [0.05, 0.1) is 21.5 Å². The first-order valence-electron chi connectivity index (χ1n) is 7.53. The summed E-state index contributed by atoms with van der Waals surface area (Å²) in [6.45, 7) is 2.41. The summed E-state index contributed by atoms with van der Waals surface area (Å²) in [6, 6.07) is 13.8. The highest BCUT2D eigenvalue weighted by atomic mass is 16.6. The van der Waals surface area contributed by atoms with Crippen molar-refractivity contribution in [2.75, 3.05) is 0 Å². The van der Waals surface area contributed by atoms with Gasteiger partial charge in [0.15, 0.2) is 0 Å². The van der Waals surface area contributed by atoms with Gasteiger partial charge < -0.3 is 4.57 Å². The lowest BCUT2D eigenvalue weighted by atomic mass is 10.1. The topological polar surface area (TPSA) is 78.0 Å². The molecule has 0 unspecified atom stereocenters. The molecule has 0 aliphatic heterocycles. The fraction of sp³-hybridized carbons (Fsp3) is 0.111. The van der Waals surface area contributed by atoms with E-state index in [0.29, 0.717) is 17.6 Å². The molecule has 1 heterocycles. The Morgan fingerprint density at radius 2 is 1.83 bits per heavy atom. The lowest BCUT2D eigenvalue weighted by Crippen LogP contribution is -2.23. The Hall–Kier alpha value is -3.28. The number of rotatable bonds is 4. The zero-order valence-electron chi connectivity index (χ0n) is 13.0. The molecule has 0 aliphatic carbocycles. The molecule has 0 amide bonds. The van der Waals surface area contributed by atoms with Gasteiger partial charge in [-0.05, 0) is 37.3 Å². The van der Waals surface area contributed by atoms with Crippen LogP contribution in [-0.4, -0.2) is 14.5 Å². The van der Waals surface area contributed by atoms with Crippen molar-refractivity contribution in [3.05, 3.63) is 80.3 Å². The maximum Gasteiger partial charge on any atom is 0.276 e. The third-order valence-corrected chi connectivity index (χ3v) is 3.75. The maximum atomic E-state index is 12.6. The van der Waals surface area contributed by atoms with Gasteiger partial charge in [-0.3, -0.25) is 14.9 Å². The van der Waals surface area contributed by atoms with Crippen molar-refractivity contribution in [2.45, 2.75) is 13.5 Å². The van der Waals surface area contributed by atoms with E-state index in [9.17, 15) is 14.9 Å². The second-order valence-electron chi connectivity index (χ2n) is 5.18. The molecule has 0 saturated carbocycles. The Balaban J connectivity index is 2.13. The van der Waals surface area contributed by atoms with Crippen LogP contribution in [0, 0.1) is 10.1 Å². The third-order valence-electron chi connectivity index (χ3n) is 3.75. The number of aromatic nitrogens is 2. The summed E-state index contributed by atoms with van der Waals surface area (Å²) in [7, 11) is 0. The number of nitro groups is 1. The van der Waals surface area contributed by atoms with Crippen LogP contribution in [0.4, 0.5) is 5.69 Å². The smallest absolute Gasteiger partial charge is 0.276 e. The molecule has 6 nitrogen and oxygen atoms in total. The number of aryl methyl sites for hydroxylation is 1. The Morgan fingerprint density at radius 3 is 2.58 bits per heavy atom. The van der Waals surface area contributed by atoms with Crippen LogP contribution in [0.1, 0.15) is 18.2 Å². The van der Waals surface area contributed by atoms with Crippen molar-refractivity contribution >= 4 is 28.9 Å². The van der Waals surface area contributed by atoms with Crippen molar-refractivity contribution in [3.8, 4) is 0 Å². The summed E-state index contributed by atoms with van der Waals surface area (Å²) in [4.78, 5) is 27.6. The van der Waals surface area contributed by atoms with E-state index in [-0.39, 0.29) is 16.9 Å². The van der Waals surface area contributed by atoms with Crippen LogP contribution in [-0.2, 0) is 6.54 Å². The second kappa shape index (κ2) is 6.45. The molecule has 0 spiro atoms. The molecule has 120 valence electrons. The molecule has 2 aromatic carbocycles. The fourth-order valence-electron chi connectivity index (χ4n) is 2.60. The SMILES string of the molecule is CCn1c(=O)c(/C=C/c2ccccc2[N+](=O)[O-])nc2ccccc21. The fourth-order valence-corrected chi connectivity index (χ4v) is 2.60. The predicted octanol–water partition coefficient (Wildman–Crippen LogP) is 3.50. The van der Waals surface area contributed by atoms with Crippen LogP contribution < -0.4 is 5.56 Å². The average Bonchev–Trinajstić information content (AvgIpc) is 2.60. The molecule has 0 fully saturated rings. The second-order valence-corrected chi connectivity index (χ2v) is 5.18. The number of para-hydroxylation sites is 3. The molecule has 3 rings (SSSR count). The van der Waals surface area contributed by atoms with Gasteiger partial charge in [0.1, 0.15) is 5.69 Å². The standard InChI is InChI=1S/C18H15N3O3/c1-2-20-17-10-6-4-8-14(17)19-15(18(20)22)12-11-13-7-3-5-9-16(13)21(23)24/h3-12H,2H2,1H3/b12-11+. The van der Waals surface area contributed by atoms with Crippen LogP contribution in [0.15, 0.2) is 53.3 Å². The molecule has 3 aromatic rings. The minimum atomic E-state index is -0.447. The number of benzene rings is 2. The highest BCUT2D eigenvalue weighted by Crippen LogP contribution is 2.20. The zero-order valence-corrected chi connectivity index (χ0v) is 13.0. The number of hydrogen-bond donors (Lipinski definition) is 0. The Morgan fingerprint density at radius 1 is 1.12 bits per heavy atom. The van der Waals surface area contributed by atoms with Gasteiger partial charge in [-0.25, -0.2) is 4.98 Å². The first kappa shape index (κ1) is 15.6. The Labute approximate surface area is 137 Å². The number of hydrogen-bond acceptors (Lipinski definition) is 4. The average molecular weight is 321 g/mol. The van der Waals surface area contributed by atoms with E-state index in [1.807, 2.05) is 31.2 Å². The molecule has 0 N–H and O–H groups in total. The monoisotopic (exact) mass is 321 g/mol. The maximum absolute atomic E-state index is 12.6. The van der Waals surface area contributed by atoms with Crippen LogP contribution in [0.5, 0.6) is 0 Å². The summed E-state index contributed by atoms with van der Waals surface area (Å²) >= 11 is 0. The summed E-state index contributed by atoms with van der Waals surface area (Å²) < 4.78 is 1.64. The lowest BCUT2D eigenvalue weighted by Gasteiger charge is -2.08. The molecule has 0 radical (unpaired) electrons. The zero-order chi connectivity index (χ0) is 17.1. The first-order chi connectivity index (χ1) is 11.6. The summed E-state index contributed by atoms with van der Waals surface area (Å²) in [5.74, 6) is 0. The van der Waals surface area contributed by atoms with E-state index in [0.717, 1.165) is 5.52 Å². The van der Waals surface area contributed by atoms with Crippen molar-refractivity contribution in [3.63, 3.8) is 0 Å². The van der Waals surface area contributed by atoms with Gasteiger partial charge >= 0.3 is 0 Å². The minimum Gasteiger partial charge on any atom is -0.305 e. The molecule has 1 aromatic heterocycles. The minimum absolute atomic E-state index is 0.00893. The van der Waals surface area contributed by atoms with E-state index in [1.54, 1.807) is 28.8 Å². The molecular formula is C18H15N3O3. The van der Waals surface area contributed by atoms with Gasteiger partial charge in [0, 0.05) is 12.6 Å². The molecule has 24 heavy (non-hydrogen) atoms. The van der Waals surface area contributed by atoms with Crippen LogP contribution >= 0.6 is 0 Å². The summed E-state index contributed by atoms with van der Waals surface area (Å²) in [5, 5.41) is 11.1. The highest BCUT2D eigenvalue weighted by molar-refractivity contribution is 5.78. The number of nitro benzene ring substituents is 1. The van der Waals surface area contributed by atoms with E-state index in [2.05, 4.69) is 4.98 Å². The van der Waals surface area contributed by atoms with Crippen LogP contribution in [0.2, 0.25) is 0 Å². The van der Waals surface area contributed by atoms with Gasteiger partial charge in [-0.15, -0.1) is 0 Å². The largest absolute Gasteiger partial charge is 0.305 e. The van der Waals surface area contributed by atoms with E-state index in [4.69, 9.17) is 0 Å². The van der Waals surface area contributed by atoms with Crippen LogP contribution in [0.3, 0.4) is 0 Å². The Kier molecular flexibility index (Phi) is 4.20. The quantitative estimate of drug-likeness (QED) is 0.544. The molecular weight excluding hydrogens is 306 g/mol. The molecule has 0 bridgehead atoms. The normalized spacial score (nSPS) is 11.2.